The molecule has 0 saturated heterocycles. The molecule has 0 spiro atoms. The van der Waals surface area contributed by atoms with Gasteiger partial charge in [-0.05, 0) is 6.92 Å². The van der Waals surface area contributed by atoms with E-state index in [0.29, 0.717) is 24.0 Å². The van der Waals surface area contributed by atoms with E-state index in [9.17, 15) is 9.59 Å². The molecule has 1 amide bonds. The molecule has 3 heteroatoms. The average Bonchev–Trinajstić information content (AvgIpc) is 2.15. The topological polar surface area (TPSA) is 46.2 Å². The first-order valence-corrected chi connectivity index (χ1v) is 2.69. The van der Waals surface area contributed by atoms with Crippen molar-refractivity contribution in [1.29, 1.82) is 0 Å². The van der Waals surface area contributed by atoms with Gasteiger partial charge >= 0.3 is 0 Å². The van der Waals surface area contributed by atoms with Crippen molar-refractivity contribution in [3.63, 3.8) is 0 Å². The molecule has 1 heterocycles. The van der Waals surface area contributed by atoms with Crippen LogP contribution in [-0.4, -0.2) is 18.7 Å². The van der Waals surface area contributed by atoms with Crippen LogP contribution in [0.2, 0.25) is 0 Å². The number of carbonyl (C=O) groups excluding carboxylic acids is 2. The van der Waals surface area contributed by atoms with Crippen LogP contribution in [0.15, 0.2) is 11.1 Å². The molecule has 0 saturated carbocycles. The van der Waals surface area contributed by atoms with Crippen LogP contribution in [0.3, 0.4) is 0 Å². The van der Waals surface area contributed by atoms with E-state index < -0.39 is 0 Å². The molecule has 0 fully saturated rings. The van der Waals surface area contributed by atoms with E-state index in [1.165, 1.54) is 0 Å². The van der Waals surface area contributed by atoms with Crippen LogP contribution in [0.4, 0.5) is 0 Å². The number of hydrogen-bond acceptors (Lipinski definition) is 2. The SMILES string of the molecule is CC1=C(C=O)CNC1=O. The Hall–Kier alpha value is -1.12. The Morgan fingerprint density at radius 2 is 2.33 bits per heavy atom. The minimum Gasteiger partial charge on any atom is -0.348 e. The summed E-state index contributed by atoms with van der Waals surface area (Å²) < 4.78 is 0. The third-order valence-electron chi connectivity index (χ3n) is 1.40. The van der Waals surface area contributed by atoms with Gasteiger partial charge in [-0.1, -0.05) is 0 Å². The second-order valence-corrected chi connectivity index (χ2v) is 1.95. The fraction of sp³-hybridized carbons (Fsp3) is 0.333. The molecule has 1 rings (SSSR count). The Labute approximate surface area is 52.7 Å². The van der Waals surface area contributed by atoms with Crippen molar-refractivity contribution >= 4 is 12.2 Å². The first-order valence-electron chi connectivity index (χ1n) is 2.69. The van der Waals surface area contributed by atoms with Crippen molar-refractivity contribution in [2.45, 2.75) is 6.92 Å². The quantitative estimate of drug-likeness (QED) is 0.486. The molecule has 1 N–H and O–H groups in total. The standard InChI is InChI=1S/C6H7NO2/c1-4-5(3-8)2-7-6(4)9/h3H,2H2,1H3,(H,7,9). The molecule has 0 aromatic heterocycles. The van der Waals surface area contributed by atoms with Crippen LogP contribution in [0, 0.1) is 0 Å². The largest absolute Gasteiger partial charge is 0.348 e. The van der Waals surface area contributed by atoms with E-state index >= 15 is 0 Å². The summed E-state index contributed by atoms with van der Waals surface area (Å²) >= 11 is 0. The smallest absolute Gasteiger partial charge is 0.247 e. The van der Waals surface area contributed by atoms with Gasteiger partial charge in [-0.15, -0.1) is 0 Å². The number of aldehydes is 1. The van der Waals surface area contributed by atoms with Gasteiger partial charge in [-0.3, -0.25) is 9.59 Å². The molecule has 48 valence electrons. The van der Waals surface area contributed by atoms with E-state index in [1.807, 2.05) is 0 Å². The van der Waals surface area contributed by atoms with Gasteiger partial charge in [0.2, 0.25) is 5.91 Å². The zero-order chi connectivity index (χ0) is 6.85. The molecule has 0 unspecified atom stereocenters. The number of amides is 1. The summed E-state index contributed by atoms with van der Waals surface area (Å²) in [6.45, 7) is 2.04. The number of hydrogen-bond donors (Lipinski definition) is 1. The van der Waals surface area contributed by atoms with E-state index in [0.717, 1.165) is 0 Å². The molecule has 0 aromatic rings. The zero-order valence-corrected chi connectivity index (χ0v) is 5.10. The normalized spacial score (nSPS) is 18.1. The number of carbonyl (C=O) groups is 2. The van der Waals surface area contributed by atoms with Crippen molar-refractivity contribution < 1.29 is 9.59 Å². The lowest BCUT2D eigenvalue weighted by Gasteiger charge is -1.85. The number of nitrogens with one attached hydrogen (secondary N) is 1. The second-order valence-electron chi connectivity index (χ2n) is 1.95. The third-order valence-corrected chi connectivity index (χ3v) is 1.40. The van der Waals surface area contributed by atoms with E-state index in [2.05, 4.69) is 5.32 Å². The zero-order valence-electron chi connectivity index (χ0n) is 5.10. The molecule has 0 aromatic carbocycles. The summed E-state index contributed by atoms with van der Waals surface area (Å²) in [6.07, 6.45) is 0.716. The van der Waals surface area contributed by atoms with Crippen LogP contribution < -0.4 is 5.32 Å². The van der Waals surface area contributed by atoms with Gasteiger partial charge in [-0.25, -0.2) is 0 Å². The van der Waals surface area contributed by atoms with Crippen molar-refractivity contribution in [2.24, 2.45) is 0 Å². The fourth-order valence-electron chi connectivity index (χ4n) is 0.717. The predicted molar refractivity (Wildman–Crippen MR) is 31.8 cm³/mol. The summed E-state index contributed by atoms with van der Waals surface area (Å²) in [7, 11) is 0. The monoisotopic (exact) mass is 125 g/mol. The summed E-state index contributed by atoms with van der Waals surface area (Å²) in [6, 6.07) is 0. The van der Waals surface area contributed by atoms with Gasteiger partial charge in [-0.2, -0.15) is 0 Å². The van der Waals surface area contributed by atoms with Crippen LogP contribution >= 0.6 is 0 Å². The molecule has 0 bridgehead atoms. The lowest BCUT2D eigenvalue weighted by Crippen LogP contribution is -2.16. The van der Waals surface area contributed by atoms with Gasteiger partial charge in [0.1, 0.15) is 6.29 Å². The lowest BCUT2D eigenvalue weighted by atomic mass is 10.2. The van der Waals surface area contributed by atoms with Crippen molar-refractivity contribution in [3.05, 3.63) is 11.1 Å². The molecule has 1 aliphatic rings. The lowest BCUT2D eigenvalue weighted by molar-refractivity contribution is -0.116. The van der Waals surface area contributed by atoms with Crippen LogP contribution in [0.1, 0.15) is 6.92 Å². The predicted octanol–water partition coefficient (Wildman–Crippen LogP) is -0.368. The first kappa shape index (κ1) is 6.01. The van der Waals surface area contributed by atoms with Crippen LogP contribution in [0.5, 0.6) is 0 Å². The Kier molecular flexibility index (Phi) is 1.34. The van der Waals surface area contributed by atoms with Gasteiger partial charge in [0, 0.05) is 17.7 Å². The highest BCUT2D eigenvalue weighted by Crippen LogP contribution is 2.06. The Bertz CT molecular complexity index is 193. The van der Waals surface area contributed by atoms with E-state index in [4.69, 9.17) is 0 Å². The van der Waals surface area contributed by atoms with Gasteiger partial charge in [0.15, 0.2) is 0 Å². The molecule has 0 radical (unpaired) electrons. The Balaban J connectivity index is 2.92. The van der Waals surface area contributed by atoms with Crippen molar-refractivity contribution in [1.82, 2.24) is 5.32 Å². The first-order chi connectivity index (χ1) is 4.25. The highest BCUT2D eigenvalue weighted by Gasteiger charge is 2.16. The Morgan fingerprint density at radius 1 is 1.67 bits per heavy atom. The molecular formula is C6H7NO2. The molecule has 0 atom stereocenters. The summed E-state index contributed by atoms with van der Waals surface area (Å²) in [5.41, 5.74) is 1.12. The van der Waals surface area contributed by atoms with Gasteiger partial charge in [0.05, 0.1) is 0 Å². The van der Waals surface area contributed by atoms with Crippen LogP contribution in [0.25, 0.3) is 0 Å². The van der Waals surface area contributed by atoms with Gasteiger partial charge in [0.25, 0.3) is 0 Å². The fourth-order valence-corrected chi connectivity index (χ4v) is 0.717. The summed E-state index contributed by atoms with van der Waals surface area (Å²) in [5.74, 6) is -0.128. The molecule has 3 nitrogen and oxygen atoms in total. The van der Waals surface area contributed by atoms with E-state index in [1.54, 1.807) is 6.92 Å². The second kappa shape index (κ2) is 2.01. The van der Waals surface area contributed by atoms with Crippen molar-refractivity contribution in [3.8, 4) is 0 Å². The highest BCUT2D eigenvalue weighted by atomic mass is 16.2. The maximum absolute atomic E-state index is 10.6. The van der Waals surface area contributed by atoms with E-state index in [-0.39, 0.29) is 5.91 Å². The highest BCUT2D eigenvalue weighted by molar-refractivity contribution is 6.02. The Morgan fingerprint density at radius 3 is 2.56 bits per heavy atom. The minimum atomic E-state index is -0.128. The van der Waals surface area contributed by atoms with Crippen LogP contribution in [-0.2, 0) is 9.59 Å². The van der Waals surface area contributed by atoms with Gasteiger partial charge < -0.3 is 5.32 Å². The summed E-state index contributed by atoms with van der Waals surface area (Å²) in [4.78, 5) is 20.7. The summed E-state index contributed by atoms with van der Waals surface area (Å²) in [5, 5.41) is 2.53. The molecule has 9 heavy (non-hydrogen) atoms. The molecule has 1 aliphatic heterocycles. The third kappa shape index (κ3) is 0.850. The maximum Gasteiger partial charge on any atom is 0.247 e. The molecular weight excluding hydrogens is 118 g/mol. The number of rotatable bonds is 1. The molecule has 0 aliphatic carbocycles. The minimum absolute atomic E-state index is 0.128. The maximum atomic E-state index is 10.6. The average molecular weight is 125 g/mol. The van der Waals surface area contributed by atoms with Crippen molar-refractivity contribution in [2.75, 3.05) is 6.54 Å².